The molecule has 1 heterocycles. The molecule has 0 aromatic heterocycles. The Labute approximate surface area is 127 Å². The van der Waals surface area contributed by atoms with E-state index < -0.39 is 0 Å². The number of halogens is 1. The first kappa shape index (κ1) is 15.8. The van der Waals surface area contributed by atoms with Crippen molar-refractivity contribution >= 4 is 11.6 Å². The molecule has 1 aromatic carbocycles. The average Bonchev–Trinajstić information content (AvgIpc) is 2.40. The monoisotopic (exact) mass is 295 g/mol. The van der Waals surface area contributed by atoms with Crippen LogP contribution in [0.4, 0.5) is 0 Å². The van der Waals surface area contributed by atoms with E-state index in [1.54, 1.807) is 0 Å². The highest BCUT2D eigenvalue weighted by molar-refractivity contribution is 6.30. The van der Waals surface area contributed by atoms with Gasteiger partial charge in [-0.1, -0.05) is 44.0 Å². The maximum atomic E-state index is 9.08. The van der Waals surface area contributed by atoms with Gasteiger partial charge in [0.2, 0.25) is 0 Å². The smallest absolute Gasteiger partial charge is 0.0483 e. The number of benzene rings is 1. The second-order valence-corrected chi connectivity index (χ2v) is 6.32. The molecular formula is C17H26ClNO. The molecule has 112 valence electrons. The molecule has 1 aliphatic carbocycles. The Morgan fingerprint density at radius 2 is 1.80 bits per heavy atom. The fourth-order valence-electron chi connectivity index (χ4n) is 3.29. The lowest BCUT2D eigenvalue weighted by Gasteiger charge is -2.50. The highest BCUT2D eigenvalue weighted by Gasteiger charge is 2.42. The predicted molar refractivity (Wildman–Crippen MR) is 85.3 cm³/mol. The van der Waals surface area contributed by atoms with Gasteiger partial charge in [0.25, 0.3) is 0 Å². The number of rotatable bonds is 4. The molecule has 0 unspecified atom stereocenters. The van der Waals surface area contributed by atoms with Crippen molar-refractivity contribution in [2.75, 3.05) is 26.2 Å². The van der Waals surface area contributed by atoms with Crippen LogP contribution in [0.1, 0.15) is 38.7 Å². The summed E-state index contributed by atoms with van der Waals surface area (Å²) in [5.41, 5.74) is 1.79. The molecule has 3 rings (SSSR count). The summed E-state index contributed by atoms with van der Waals surface area (Å²) in [5, 5.41) is 9.90. The zero-order valence-electron chi connectivity index (χ0n) is 12.6. The molecule has 0 spiro atoms. The number of nitrogens with zero attached hydrogens (tertiary/aromatic N) is 1. The van der Waals surface area contributed by atoms with E-state index in [0.717, 1.165) is 24.7 Å². The van der Waals surface area contributed by atoms with Gasteiger partial charge in [0, 0.05) is 42.6 Å². The minimum Gasteiger partial charge on any atom is -0.396 e. The van der Waals surface area contributed by atoms with Crippen molar-refractivity contribution < 1.29 is 5.11 Å². The third kappa shape index (κ3) is 3.19. The number of aliphatic hydroxyl groups is 1. The Bertz CT molecular complexity index is 408. The van der Waals surface area contributed by atoms with E-state index >= 15 is 0 Å². The number of hydrogen-bond acceptors (Lipinski definition) is 2. The van der Waals surface area contributed by atoms with Crippen molar-refractivity contribution in [2.45, 2.75) is 38.5 Å². The van der Waals surface area contributed by atoms with Crippen molar-refractivity contribution in [1.29, 1.82) is 0 Å². The molecule has 2 nitrogen and oxygen atoms in total. The SMILES string of the molecule is CC.OCC1CN(CC2(c3ccc(Cl)cc3)CCC2)C1. The lowest BCUT2D eigenvalue weighted by molar-refractivity contribution is 0.0190. The van der Waals surface area contributed by atoms with Crippen LogP contribution in [0.5, 0.6) is 0 Å². The van der Waals surface area contributed by atoms with Gasteiger partial charge in [0.15, 0.2) is 0 Å². The largest absolute Gasteiger partial charge is 0.396 e. The molecule has 2 aliphatic rings. The first-order valence-electron chi connectivity index (χ1n) is 7.81. The Hall–Kier alpha value is -0.570. The third-order valence-electron chi connectivity index (χ3n) is 4.58. The lowest BCUT2D eigenvalue weighted by atomic mass is 9.63. The summed E-state index contributed by atoms with van der Waals surface area (Å²) >= 11 is 5.97. The van der Waals surface area contributed by atoms with Crippen LogP contribution in [-0.4, -0.2) is 36.2 Å². The number of likely N-dealkylation sites (tertiary alicyclic amines) is 1. The van der Waals surface area contributed by atoms with Crippen LogP contribution in [0.2, 0.25) is 5.02 Å². The topological polar surface area (TPSA) is 23.5 Å². The zero-order chi connectivity index (χ0) is 14.6. The van der Waals surface area contributed by atoms with Crippen molar-refractivity contribution in [3.8, 4) is 0 Å². The molecule has 3 heteroatoms. The van der Waals surface area contributed by atoms with Gasteiger partial charge in [-0.25, -0.2) is 0 Å². The lowest BCUT2D eigenvalue weighted by Crippen LogP contribution is -2.55. The molecule has 0 bridgehead atoms. The number of aliphatic hydroxyl groups excluding tert-OH is 1. The summed E-state index contributed by atoms with van der Waals surface area (Å²) in [7, 11) is 0. The maximum absolute atomic E-state index is 9.08. The van der Waals surface area contributed by atoms with E-state index in [-0.39, 0.29) is 0 Å². The van der Waals surface area contributed by atoms with Gasteiger partial charge in [-0.15, -0.1) is 0 Å². The zero-order valence-corrected chi connectivity index (χ0v) is 13.4. The van der Waals surface area contributed by atoms with E-state index in [1.165, 1.54) is 24.8 Å². The van der Waals surface area contributed by atoms with Crippen LogP contribution in [0.15, 0.2) is 24.3 Å². The molecular weight excluding hydrogens is 270 g/mol. The van der Waals surface area contributed by atoms with Crippen molar-refractivity contribution in [1.82, 2.24) is 4.90 Å². The fourth-order valence-corrected chi connectivity index (χ4v) is 3.42. The van der Waals surface area contributed by atoms with Gasteiger partial charge in [-0.2, -0.15) is 0 Å². The van der Waals surface area contributed by atoms with E-state index in [4.69, 9.17) is 16.7 Å². The molecule has 1 aromatic rings. The molecule has 1 saturated carbocycles. The minimum atomic E-state index is 0.338. The quantitative estimate of drug-likeness (QED) is 0.915. The van der Waals surface area contributed by atoms with E-state index in [0.29, 0.717) is 17.9 Å². The van der Waals surface area contributed by atoms with Crippen LogP contribution in [-0.2, 0) is 5.41 Å². The molecule has 0 amide bonds. The van der Waals surface area contributed by atoms with Gasteiger partial charge in [0.05, 0.1) is 0 Å². The van der Waals surface area contributed by atoms with Crippen LogP contribution >= 0.6 is 11.6 Å². The Balaban J connectivity index is 0.000000704. The molecule has 1 saturated heterocycles. The van der Waals surface area contributed by atoms with Crippen molar-refractivity contribution in [3.63, 3.8) is 0 Å². The molecule has 1 aliphatic heterocycles. The summed E-state index contributed by atoms with van der Waals surface area (Å²) in [6.45, 7) is 7.60. The molecule has 20 heavy (non-hydrogen) atoms. The summed E-state index contributed by atoms with van der Waals surface area (Å²) in [5.74, 6) is 0.507. The first-order chi connectivity index (χ1) is 9.72. The van der Waals surface area contributed by atoms with Crippen LogP contribution in [0.3, 0.4) is 0 Å². The standard InChI is InChI=1S/C15H20ClNO.C2H6/c16-14-4-2-13(3-5-14)15(6-1-7-15)11-17-8-12(9-17)10-18;1-2/h2-5,12,18H,1,6-11H2;1-2H3. The molecule has 0 atom stereocenters. The van der Waals surface area contributed by atoms with Gasteiger partial charge in [0.1, 0.15) is 0 Å². The average molecular weight is 296 g/mol. The second-order valence-electron chi connectivity index (χ2n) is 5.88. The Kier molecular flexibility index (Phi) is 5.48. The van der Waals surface area contributed by atoms with Crippen molar-refractivity contribution in [3.05, 3.63) is 34.9 Å². The second kappa shape index (κ2) is 6.93. The van der Waals surface area contributed by atoms with Gasteiger partial charge >= 0.3 is 0 Å². The van der Waals surface area contributed by atoms with Crippen LogP contribution in [0, 0.1) is 5.92 Å². The Morgan fingerprint density at radius 3 is 2.25 bits per heavy atom. The third-order valence-corrected chi connectivity index (χ3v) is 4.84. The highest BCUT2D eigenvalue weighted by Crippen LogP contribution is 2.45. The van der Waals surface area contributed by atoms with E-state index in [2.05, 4.69) is 17.0 Å². The minimum absolute atomic E-state index is 0.338. The van der Waals surface area contributed by atoms with Crippen molar-refractivity contribution in [2.24, 2.45) is 5.92 Å². The summed E-state index contributed by atoms with van der Waals surface area (Å²) < 4.78 is 0. The van der Waals surface area contributed by atoms with Crippen LogP contribution in [0.25, 0.3) is 0 Å². The van der Waals surface area contributed by atoms with Gasteiger partial charge in [-0.05, 0) is 30.5 Å². The maximum Gasteiger partial charge on any atom is 0.0483 e. The van der Waals surface area contributed by atoms with Gasteiger partial charge < -0.3 is 10.0 Å². The normalized spacial score (nSPS) is 21.4. The van der Waals surface area contributed by atoms with Gasteiger partial charge in [-0.3, -0.25) is 0 Å². The summed E-state index contributed by atoms with van der Waals surface area (Å²) in [6, 6.07) is 8.38. The highest BCUT2D eigenvalue weighted by atomic mass is 35.5. The van der Waals surface area contributed by atoms with E-state index in [9.17, 15) is 0 Å². The first-order valence-corrected chi connectivity index (χ1v) is 8.19. The Morgan fingerprint density at radius 1 is 1.20 bits per heavy atom. The molecule has 0 radical (unpaired) electrons. The fraction of sp³-hybridized carbons (Fsp3) is 0.647. The molecule has 1 N–H and O–H groups in total. The summed E-state index contributed by atoms with van der Waals surface area (Å²) in [6.07, 6.45) is 3.91. The van der Waals surface area contributed by atoms with Crippen LogP contribution < -0.4 is 0 Å². The predicted octanol–water partition coefficient (Wildman–Crippen LogP) is 3.71. The molecule has 2 fully saturated rings. The number of hydrogen-bond donors (Lipinski definition) is 1. The summed E-state index contributed by atoms with van der Waals surface area (Å²) in [4.78, 5) is 2.48. The van der Waals surface area contributed by atoms with E-state index in [1.807, 2.05) is 26.0 Å².